The molecule has 1 unspecified atom stereocenters. The van der Waals surface area contributed by atoms with Crippen molar-refractivity contribution in [3.63, 3.8) is 0 Å². The molecule has 0 saturated heterocycles. The van der Waals surface area contributed by atoms with Gasteiger partial charge in [-0.05, 0) is 31.6 Å². The third-order valence-electron chi connectivity index (χ3n) is 3.43. The average Bonchev–Trinajstić information content (AvgIpc) is 3.19. The van der Waals surface area contributed by atoms with Crippen molar-refractivity contribution in [1.82, 2.24) is 15.5 Å². The molecule has 1 saturated carbocycles. The minimum atomic E-state index is -0.799. The predicted molar refractivity (Wildman–Crippen MR) is 77.8 cm³/mol. The number of carbonyl (C=O) groups excluding carboxylic acids is 2. The molecule has 1 atom stereocenters. The van der Waals surface area contributed by atoms with E-state index in [1.807, 2.05) is 6.92 Å². The van der Waals surface area contributed by atoms with Gasteiger partial charge >= 0.3 is 12.0 Å². The summed E-state index contributed by atoms with van der Waals surface area (Å²) in [6.45, 7) is 2.49. The van der Waals surface area contributed by atoms with Crippen LogP contribution in [0.15, 0.2) is 0 Å². The Morgan fingerprint density at radius 2 is 1.95 bits per heavy atom. The van der Waals surface area contributed by atoms with E-state index in [1.54, 1.807) is 7.05 Å². The van der Waals surface area contributed by atoms with E-state index < -0.39 is 5.97 Å². The summed E-state index contributed by atoms with van der Waals surface area (Å²) in [5, 5.41) is 14.1. The highest BCUT2D eigenvalue weighted by molar-refractivity contribution is 5.84. The van der Waals surface area contributed by atoms with Gasteiger partial charge in [-0.1, -0.05) is 6.92 Å². The Kier molecular flexibility index (Phi) is 6.98. The highest BCUT2D eigenvalue weighted by Gasteiger charge is 2.24. The molecule has 0 aliphatic heterocycles. The zero-order chi connectivity index (χ0) is 15.8. The van der Waals surface area contributed by atoms with Gasteiger partial charge in [-0.15, -0.1) is 0 Å². The number of amides is 3. The predicted octanol–water partition coefficient (Wildman–Crippen LogP) is 0.797. The van der Waals surface area contributed by atoms with Gasteiger partial charge in [-0.3, -0.25) is 9.59 Å². The van der Waals surface area contributed by atoms with Crippen LogP contribution in [0.1, 0.15) is 39.0 Å². The number of carboxylic acid groups (broad SMARTS) is 1. The van der Waals surface area contributed by atoms with Gasteiger partial charge < -0.3 is 20.6 Å². The number of rotatable bonds is 9. The molecule has 3 amide bonds. The van der Waals surface area contributed by atoms with Crippen LogP contribution in [0.25, 0.3) is 0 Å². The number of likely N-dealkylation sites (N-methyl/N-ethyl adjacent to an activating group) is 1. The molecule has 21 heavy (non-hydrogen) atoms. The molecular weight excluding hydrogens is 274 g/mol. The van der Waals surface area contributed by atoms with Crippen LogP contribution in [0.3, 0.4) is 0 Å². The Hall–Kier alpha value is -1.79. The lowest BCUT2D eigenvalue weighted by molar-refractivity contribution is -0.137. The van der Waals surface area contributed by atoms with Crippen molar-refractivity contribution in [2.24, 2.45) is 5.92 Å². The SMILES string of the molecule is CC(CCNC(=O)N(C)CC(=O)NC1CC1)CCC(=O)O. The summed E-state index contributed by atoms with van der Waals surface area (Å²) in [5.74, 6) is -0.692. The molecule has 1 aliphatic carbocycles. The van der Waals surface area contributed by atoms with Crippen LogP contribution in [0.2, 0.25) is 0 Å². The molecule has 1 aliphatic rings. The molecule has 1 rings (SSSR count). The van der Waals surface area contributed by atoms with Gasteiger partial charge in [0.15, 0.2) is 0 Å². The molecule has 0 spiro atoms. The first-order chi connectivity index (χ1) is 9.88. The zero-order valence-electron chi connectivity index (χ0n) is 12.7. The summed E-state index contributed by atoms with van der Waals surface area (Å²) >= 11 is 0. The van der Waals surface area contributed by atoms with Crippen molar-refractivity contribution < 1.29 is 19.5 Å². The van der Waals surface area contributed by atoms with Crippen molar-refractivity contribution >= 4 is 17.9 Å². The lowest BCUT2D eigenvalue weighted by atomic mass is 10.0. The maximum absolute atomic E-state index is 11.8. The zero-order valence-corrected chi connectivity index (χ0v) is 12.7. The van der Waals surface area contributed by atoms with Crippen LogP contribution >= 0.6 is 0 Å². The number of urea groups is 1. The molecule has 0 aromatic heterocycles. The summed E-state index contributed by atoms with van der Waals surface area (Å²) in [6.07, 6.45) is 3.52. The number of carboxylic acids is 1. The number of aliphatic carboxylic acids is 1. The lowest BCUT2D eigenvalue weighted by Crippen LogP contribution is -2.44. The largest absolute Gasteiger partial charge is 0.481 e. The highest BCUT2D eigenvalue weighted by Crippen LogP contribution is 2.18. The van der Waals surface area contributed by atoms with Crippen molar-refractivity contribution in [3.8, 4) is 0 Å². The van der Waals surface area contributed by atoms with Crippen LogP contribution in [-0.2, 0) is 9.59 Å². The molecule has 0 aromatic rings. The van der Waals surface area contributed by atoms with E-state index in [9.17, 15) is 14.4 Å². The molecule has 7 nitrogen and oxygen atoms in total. The first kappa shape index (κ1) is 17.3. The summed E-state index contributed by atoms with van der Waals surface area (Å²) in [6, 6.07) is 0.00966. The second kappa shape index (κ2) is 8.49. The van der Waals surface area contributed by atoms with E-state index in [0.717, 1.165) is 19.3 Å². The van der Waals surface area contributed by atoms with Gasteiger partial charge in [0.1, 0.15) is 6.54 Å². The number of hydrogen-bond donors (Lipinski definition) is 3. The van der Waals surface area contributed by atoms with E-state index in [2.05, 4.69) is 10.6 Å². The lowest BCUT2D eigenvalue weighted by Gasteiger charge is -2.18. The monoisotopic (exact) mass is 299 g/mol. The van der Waals surface area contributed by atoms with E-state index in [0.29, 0.717) is 19.0 Å². The van der Waals surface area contributed by atoms with Gasteiger partial charge in [-0.2, -0.15) is 0 Å². The third kappa shape index (κ3) is 8.16. The minimum Gasteiger partial charge on any atom is -0.481 e. The fourth-order valence-electron chi connectivity index (χ4n) is 1.86. The number of nitrogens with zero attached hydrogens (tertiary/aromatic N) is 1. The second-order valence-electron chi connectivity index (χ2n) is 5.76. The summed E-state index contributed by atoms with van der Waals surface area (Å²) < 4.78 is 0. The number of nitrogens with one attached hydrogen (secondary N) is 2. The molecule has 1 fully saturated rings. The van der Waals surface area contributed by atoms with E-state index in [-0.39, 0.29) is 30.8 Å². The topological polar surface area (TPSA) is 98.7 Å². The fourth-order valence-corrected chi connectivity index (χ4v) is 1.86. The second-order valence-corrected chi connectivity index (χ2v) is 5.76. The quantitative estimate of drug-likeness (QED) is 0.586. The maximum Gasteiger partial charge on any atom is 0.317 e. The molecule has 7 heteroatoms. The van der Waals surface area contributed by atoms with Gasteiger partial charge in [0.2, 0.25) is 5.91 Å². The normalized spacial score (nSPS) is 15.1. The Balaban J connectivity index is 2.10. The number of hydrogen-bond acceptors (Lipinski definition) is 3. The minimum absolute atomic E-state index is 0.0525. The van der Waals surface area contributed by atoms with Crippen molar-refractivity contribution in [1.29, 1.82) is 0 Å². The van der Waals surface area contributed by atoms with Crippen LogP contribution in [0.4, 0.5) is 4.79 Å². The van der Waals surface area contributed by atoms with Crippen molar-refractivity contribution in [2.45, 2.75) is 45.1 Å². The van der Waals surface area contributed by atoms with Crippen LogP contribution in [0.5, 0.6) is 0 Å². The Morgan fingerprint density at radius 3 is 2.52 bits per heavy atom. The van der Waals surface area contributed by atoms with Crippen LogP contribution in [-0.4, -0.2) is 54.1 Å². The first-order valence-corrected chi connectivity index (χ1v) is 7.38. The number of carbonyl (C=O) groups is 3. The van der Waals surface area contributed by atoms with Gasteiger partial charge in [-0.25, -0.2) is 4.79 Å². The fraction of sp³-hybridized carbons (Fsp3) is 0.786. The first-order valence-electron chi connectivity index (χ1n) is 7.38. The molecular formula is C14H25N3O4. The molecule has 0 radical (unpaired) electrons. The van der Waals surface area contributed by atoms with Gasteiger partial charge in [0.25, 0.3) is 0 Å². The molecule has 0 bridgehead atoms. The molecule has 120 valence electrons. The summed E-state index contributed by atoms with van der Waals surface area (Å²) in [7, 11) is 1.58. The Labute approximate surface area is 125 Å². The van der Waals surface area contributed by atoms with Crippen LogP contribution in [0, 0.1) is 5.92 Å². The Morgan fingerprint density at radius 1 is 1.29 bits per heavy atom. The average molecular weight is 299 g/mol. The summed E-state index contributed by atoms with van der Waals surface area (Å²) in [4.78, 5) is 35.1. The highest BCUT2D eigenvalue weighted by atomic mass is 16.4. The maximum atomic E-state index is 11.8. The van der Waals surface area contributed by atoms with Crippen molar-refractivity contribution in [3.05, 3.63) is 0 Å². The summed E-state index contributed by atoms with van der Waals surface area (Å²) in [5.41, 5.74) is 0. The smallest absolute Gasteiger partial charge is 0.317 e. The molecule has 3 N–H and O–H groups in total. The van der Waals surface area contributed by atoms with Gasteiger partial charge in [0, 0.05) is 26.1 Å². The van der Waals surface area contributed by atoms with E-state index >= 15 is 0 Å². The van der Waals surface area contributed by atoms with Crippen LogP contribution < -0.4 is 10.6 Å². The standard InChI is InChI=1S/C14H25N3O4/c1-10(3-6-13(19)20)7-8-15-14(21)17(2)9-12(18)16-11-4-5-11/h10-11H,3-9H2,1-2H3,(H,15,21)(H,16,18)(H,19,20). The van der Waals surface area contributed by atoms with E-state index in [1.165, 1.54) is 4.90 Å². The third-order valence-corrected chi connectivity index (χ3v) is 3.43. The van der Waals surface area contributed by atoms with Crippen molar-refractivity contribution in [2.75, 3.05) is 20.1 Å². The Bertz CT molecular complexity index is 382. The van der Waals surface area contributed by atoms with Gasteiger partial charge in [0.05, 0.1) is 0 Å². The molecule has 0 heterocycles. The van der Waals surface area contributed by atoms with E-state index in [4.69, 9.17) is 5.11 Å². The molecule has 0 aromatic carbocycles.